The van der Waals surface area contributed by atoms with E-state index in [0.717, 1.165) is 59.2 Å². The minimum atomic E-state index is 0.841. The first-order chi connectivity index (χ1) is 11.8. The van der Waals surface area contributed by atoms with Crippen molar-refractivity contribution in [3.05, 3.63) is 30.6 Å². The van der Waals surface area contributed by atoms with Crippen LogP contribution in [0, 0.1) is 0 Å². The van der Waals surface area contributed by atoms with Crippen LogP contribution in [0.3, 0.4) is 0 Å². The maximum Gasteiger partial charge on any atom is 0.152 e. The highest BCUT2D eigenvalue weighted by molar-refractivity contribution is 7.14. The molecule has 0 unspecified atom stereocenters. The Kier molecular flexibility index (Phi) is 4.03. The first kappa shape index (κ1) is 15.3. The van der Waals surface area contributed by atoms with Gasteiger partial charge in [0, 0.05) is 5.56 Å². The second kappa shape index (κ2) is 6.33. The molecule has 0 spiro atoms. The molecule has 2 aromatic heterocycles. The molecule has 0 bridgehead atoms. The number of hydrogen-bond acceptors (Lipinski definition) is 6. The van der Waals surface area contributed by atoms with Crippen LogP contribution >= 0.6 is 11.5 Å². The molecule has 0 radical (unpaired) electrons. The summed E-state index contributed by atoms with van der Waals surface area (Å²) in [7, 11) is 3.91. The average Bonchev–Trinajstić information content (AvgIpc) is 3.07. The Balaban J connectivity index is 1.73. The first-order valence-corrected chi connectivity index (χ1v) is 8.84. The summed E-state index contributed by atoms with van der Waals surface area (Å²) in [5.74, 6) is 1.86. The smallest absolute Gasteiger partial charge is 0.152 e. The van der Waals surface area contributed by atoms with Gasteiger partial charge in [0.2, 0.25) is 0 Å². The molecule has 24 heavy (non-hydrogen) atoms. The minimum absolute atomic E-state index is 0.841. The topological polar surface area (TPSA) is 55.6 Å². The Morgan fingerprint density at radius 2 is 1.88 bits per heavy atom. The number of quaternary nitrogens is 1. The lowest BCUT2D eigenvalue weighted by Gasteiger charge is -2.30. The van der Waals surface area contributed by atoms with E-state index in [1.54, 1.807) is 18.3 Å². The normalized spacial score (nSPS) is 15.8. The third-order valence-corrected chi connectivity index (χ3v) is 5.35. The van der Waals surface area contributed by atoms with Gasteiger partial charge < -0.3 is 14.5 Å². The van der Waals surface area contributed by atoms with Gasteiger partial charge in [-0.05, 0) is 35.8 Å². The zero-order valence-electron chi connectivity index (χ0n) is 13.8. The Morgan fingerprint density at radius 3 is 2.58 bits per heavy atom. The van der Waals surface area contributed by atoms with E-state index in [-0.39, 0.29) is 0 Å². The third kappa shape index (κ3) is 2.70. The zero-order chi connectivity index (χ0) is 16.5. The van der Waals surface area contributed by atoms with Crippen molar-refractivity contribution in [3.8, 4) is 17.0 Å². The van der Waals surface area contributed by atoms with Crippen LogP contribution in [0.25, 0.3) is 21.5 Å². The van der Waals surface area contributed by atoms with Crippen LogP contribution in [-0.2, 0) is 0 Å². The molecule has 0 aliphatic carbocycles. The second-order valence-electron chi connectivity index (χ2n) is 6.08. The van der Waals surface area contributed by atoms with E-state index < -0.39 is 0 Å². The fourth-order valence-electron chi connectivity index (χ4n) is 3.02. The van der Waals surface area contributed by atoms with Gasteiger partial charge in [0.25, 0.3) is 0 Å². The van der Waals surface area contributed by atoms with E-state index in [2.05, 4.69) is 26.3 Å². The van der Waals surface area contributed by atoms with E-state index in [1.807, 2.05) is 24.3 Å². The largest absolute Gasteiger partial charge is 0.497 e. The quantitative estimate of drug-likeness (QED) is 0.772. The molecule has 0 amide bonds. The predicted molar refractivity (Wildman–Crippen MR) is 96.0 cm³/mol. The highest BCUT2D eigenvalue weighted by Gasteiger charge is 2.22. The Hall–Kier alpha value is -2.25. The molecule has 0 saturated carbocycles. The molecule has 1 aliphatic heterocycles. The van der Waals surface area contributed by atoms with E-state index in [9.17, 15) is 0 Å². The molecule has 1 aromatic carbocycles. The highest BCUT2D eigenvalue weighted by Crippen LogP contribution is 2.34. The minimum Gasteiger partial charge on any atom is -0.497 e. The number of nitrogens with one attached hydrogen (secondary N) is 1. The van der Waals surface area contributed by atoms with Crippen molar-refractivity contribution in [1.29, 1.82) is 0 Å². The van der Waals surface area contributed by atoms with Gasteiger partial charge in [0.15, 0.2) is 5.82 Å². The number of fused-ring (bicyclic) bond motifs is 1. The van der Waals surface area contributed by atoms with Gasteiger partial charge in [0.1, 0.15) is 28.0 Å². The Labute approximate surface area is 144 Å². The summed E-state index contributed by atoms with van der Waals surface area (Å²) < 4.78 is 11.0. The summed E-state index contributed by atoms with van der Waals surface area (Å²) >= 11 is 1.49. The van der Waals surface area contributed by atoms with Crippen LogP contribution in [0.4, 0.5) is 5.82 Å². The van der Waals surface area contributed by atoms with E-state index in [1.165, 1.54) is 11.5 Å². The summed E-state index contributed by atoms with van der Waals surface area (Å²) in [6, 6.07) is 7.94. The maximum absolute atomic E-state index is 5.23. The summed E-state index contributed by atoms with van der Waals surface area (Å²) in [6.45, 7) is 4.31. The van der Waals surface area contributed by atoms with Crippen LogP contribution in [0.2, 0.25) is 0 Å². The maximum atomic E-state index is 5.23. The van der Waals surface area contributed by atoms with Crippen molar-refractivity contribution in [3.63, 3.8) is 0 Å². The van der Waals surface area contributed by atoms with Crippen molar-refractivity contribution in [2.45, 2.75) is 0 Å². The third-order valence-electron chi connectivity index (χ3n) is 4.52. The molecular weight excluding hydrogens is 322 g/mol. The molecule has 1 aliphatic rings. The summed E-state index contributed by atoms with van der Waals surface area (Å²) in [6.07, 6.45) is 1.66. The van der Waals surface area contributed by atoms with Crippen molar-refractivity contribution in [2.24, 2.45) is 0 Å². The number of methoxy groups -OCH3 is 1. The SMILES string of the molecule is COc1ccc(-c2nsc3c(N4CC[NH+](C)CC4)ncnc23)cc1. The number of aromatic nitrogens is 3. The average molecular weight is 342 g/mol. The predicted octanol–water partition coefficient (Wildman–Crippen LogP) is 1.10. The van der Waals surface area contributed by atoms with E-state index in [4.69, 9.17) is 4.74 Å². The standard InChI is InChI=1S/C17H19N5OS/c1-21-7-9-22(10-8-21)17-16-15(18-11-19-17)14(20-24-16)12-3-5-13(23-2)6-4-12/h3-6,11H,7-10H2,1-2H3/p+1. The van der Waals surface area contributed by atoms with Crippen molar-refractivity contribution >= 4 is 27.6 Å². The summed E-state index contributed by atoms with van der Waals surface area (Å²) in [4.78, 5) is 13.0. The molecule has 3 aromatic rings. The number of ether oxygens (including phenoxy) is 1. The summed E-state index contributed by atoms with van der Waals surface area (Å²) in [5, 5.41) is 0. The van der Waals surface area contributed by atoms with Crippen molar-refractivity contribution in [1.82, 2.24) is 14.3 Å². The molecule has 1 N–H and O–H groups in total. The van der Waals surface area contributed by atoms with Crippen LogP contribution in [-0.4, -0.2) is 54.7 Å². The van der Waals surface area contributed by atoms with Crippen LogP contribution in [0.15, 0.2) is 30.6 Å². The molecule has 6 nitrogen and oxygen atoms in total. The Bertz CT molecular complexity index is 840. The molecule has 4 rings (SSSR count). The van der Waals surface area contributed by atoms with Gasteiger partial charge in [-0.25, -0.2) is 9.97 Å². The van der Waals surface area contributed by atoms with Crippen LogP contribution in [0.1, 0.15) is 0 Å². The van der Waals surface area contributed by atoms with Gasteiger partial charge in [-0.1, -0.05) is 0 Å². The molecule has 7 heteroatoms. The van der Waals surface area contributed by atoms with Gasteiger partial charge >= 0.3 is 0 Å². The molecule has 1 fully saturated rings. The number of anilines is 1. The molecule has 0 atom stereocenters. The van der Waals surface area contributed by atoms with Crippen LogP contribution in [0.5, 0.6) is 5.75 Å². The fourth-order valence-corrected chi connectivity index (χ4v) is 3.89. The lowest BCUT2D eigenvalue weighted by molar-refractivity contribution is -0.880. The number of piperazine rings is 1. The molecule has 1 saturated heterocycles. The van der Waals surface area contributed by atoms with Crippen LogP contribution < -0.4 is 14.5 Å². The molecule has 3 heterocycles. The number of hydrogen-bond donors (Lipinski definition) is 1. The van der Waals surface area contributed by atoms with Gasteiger partial charge in [-0.3, -0.25) is 0 Å². The lowest BCUT2D eigenvalue weighted by atomic mass is 10.1. The van der Waals surface area contributed by atoms with Gasteiger partial charge in [-0.2, -0.15) is 4.37 Å². The second-order valence-corrected chi connectivity index (χ2v) is 6.85. The highest BCUT2D eigenvalue weighted by atomic mass is 32.1. The van der Waals surface area contributed by atoms with Gasteiger partial charge in [-0.15, -0.1) is 0 Å². The monoisotopic (exact) mass is 342 g/mol. The van der Waals surface area contributed by atoms with E-state index >= 15 is 0 Å². The lowest BCUT2D eigenvalue weighted by Crippen LogP contribution is -3.12. The zero-order valence-corrected chi connectivity index (χ0v) is 14.6. The molecular formula is C17H20N5OS+. The van der Waals surface area contributed by atoms with E-state index in [0.29, 0.717) is 0 Å². The summed E-state index contributed by atoms with van der Waals surface area (Å²) in [5.41, 5.74) is 2.90. The first-order valence-electron chi connectivity index (χ1n) is 8.07. The van der Waals surface area contributed by atoms with Crippen molar-refractivity contribution in [2.75, 3.05) is 45.2 Å². The number of nitrogens with zero attached hydrogens (tertiary/aromatic N) is 4. The molecule has 124 valence electrons. The Morgan fingerprint density at radius 1 is 1.12 bits per heavy atom. The number of benzene rings is 1. The number of likely N-dealkylation sites (N-methyl/N-ethyl adjacent to an activating group) is 1. The number of rotatable bonds is 3. The van der Waals surface area contributed by atoms with Gasteiger partial charge in [0.05, 0.1) is 40.3 Å². The fraction of sp³-hybridized carbons (Fsp3) is 0.353. The van der Waals surface area contributed by atoms with Crippen molar-refractivity contribution < 1.29 is 9.64 Å².